The van der Waals surface area contributed by atoms with Crippen LogP contribution in [0, 0.1) is 0 Å². The van der Waals surface area contributed by atoms with E-state index in [1.165, 1.54) is 11.3 Å². The molecule has 45 heavy (non-hydrogen) atoms. The van der Waals surface area contributed by atoms with E-state index >= 15 is 0 Å². The molecular formula is C35H31BrClN3O4S. The van der Waals surface area contributed by atoms with Crippen LogP contribution in [0.2, 0.25) is 5.02 Å². The first-order chi connectivity index (χ1) is 21.8. The van der Waals surface area contributed by atoms with Crippen LogP contribution in [0.5, 0.6) is 5.75 Å². The van der Waals surface area contributed by atoms with E-state index < -0.39 is 12.0 Å². The SMILES string of the molecule is CCCC1=C(C(=O)OCC)[C@H](c2cc(Cl)ccc2OC)n2c(s/c(=C/c3cn(Cc4ccc(Br)cc4)c4ccccc34)c2=O)=N1. The lowest BCUT2D eigenvalue weighted by Gasteiger charge is -2.27. The number of aromatic nitrogens is 2. The summed E-state index contributed by atoms with van der Waals surface area (Å²) in [5, 5.41) is 1.50. The number of fused-ring (bicyclic) bond motifs is 2. The van der Waals surface area contributed by atoms with Gasteiger partial charge in [0.1, 0.15) is 11.8 Å². The summed E-state index contributed by atoms with van der Waals surface area (Å²) in [7, 11) is 1.56. The van der Waals surface area contributed by atoms with Gasteiger partial charge in [0.25, 0.3) is 5.56 Å². The van der Waals surface area contributed by atoms with Crippen molar-refractivity contribution < 1.29 is 14.3 Å². The van der Waals surface area contributed by atoms with Crippen molar-refractivity contribution in [2.75, 3.05) is 13.7 Å². The second-order valence-electron chi connectivity index (χ2n) is 10.7. The molecule has 0 radical (unpaired) electrons. The van der Waals surface area contributed by atoms with Gasteiger partial charge in [-0.3, -0.25) is 9.36 Å². The Morgan fingerprint density at radius 2 is 1.89 bits per heavy atom. The number of carbonyl (C=O) groups excluding carboxylic acids is 1. The maximum atomic E-state index is 14.4. The molecule has 0 unspecified atom stereocenters. The number of hydrogen-bond acceptors (Lipinski definition) is 6. The number of rotatable bonds is 9. The fourth-order valence-electron chi connectivity index (χ4n) is 5.78. The van der Waals surface area contributed by atoms with Crippen LogP contribution in [0.3, 0.4) is 0 Å². The molecule has 0 saturated carbocycles. The number of thiazole rings is 1. The van der Waals surface area contributed by atoms with Gasteiger partial charge in [-0.05, 0) is 61.4 Å². The smallest absolute Gasteiger partial charge is 0.338 e. The summed E-state index contributed by atoms with van der Waals surface area (Å²) in [5.74, 6) is -0.00319. The zero-order valence-corrected chi connectivity index (χ0v) is 28.2. The number of halogens is 2. The third-order valence-corrected chi connectivity index (χ3v) is 9.50. The quantitative estimate of drug-likeness (QED) is 0.155. The summed E-state index contributed by atoms with van der Waals surface area (Å²) in [6, 6.07) is 20.8. The second-order valence-corrected chi connectivity index (χ2v) is 13.0. The summed E-state index contributed by atoms with van der Waals surface area (Å²) in [6.45, 7) is 4.66. The number of para-hydroxylation sites is 1. The molecule has 0 N–H and O–H groups in total. The standard InChI is InChI=1S/C35H31BrClN3O4S/c1-4-8-27-31(34(42)44-5-2)32(26-18-24(37)15-16-29(26)43-3)40-33(41)30(45-35(40)38-27)17-22-20-39(28-10-7-6-9-25(22)28)19-21-11-13-23(36)14-12-21/h6-7,9-18,20,32H,4-5,8,19H2,1-3H3/b30-17+/t32-/m0/s1. The summed E-state index contributed by atoms with van der Waals surface area (Å²) in [5.41, 5.74) is 4.41. The third kappa shape index (κ3) is 6.04. The van der Waals surface area contributed by atoms with Gasteiger partial charge < -0.3 is 14.0 Å². The van der Waals surface area contributed by atoms with Crippen LogP contribution in [-0.2, 0) is 16.1 Å². The minimum absolute atomic E-state index is 0.190. The molecule has 3 aromatic carbocycles. The van der Waals surface area contributed by atoms with Gasteiger partial charge in [-0.1, -0.05) is 82.5 Å². The highest BCUT2D eigenvalue weighted by atomic mass is 79.9. The lowest BCUT2D eigenvalue weighted by Crippen LogP contribution is -2.40. The van der Waals surface area contributed by atoms with Crippen LogP contribution >= 0.6 is 38.9 Å². The molecule has 0 bridgehead atoms. The van der Waals surface area contributed by atoms with Crippen molar-refractivity contribution in [2.45, 2.75) is 39.3 Å². The molecule has 0 aliphatic carbocycles. The molecule has 1 atom stereocenters. The highest BCUT2D eigenvalue weighted by Gasteiger charge is 2.36. The lowest BCUT2D eigenvalue weighted by atomic mass is 9.93. The molecule has 5 aromatic rings. The Kier molecular flexibility index (Phi) is 9.12. The van der Waals surface area contributed by atoms with E-state index in [9.17, 15) is 9.59 Å². The zero-order valence-electron chi connectivity index (χ0n) is 25.1. The summed E-state index contributed by atoms with van der Waals surface area (Å²) in [6.07, 6.45) is 5.30. The summed E-state index contributed by atoms with van der Waals surface area (Å²) >= 11 is 11.3. The predicted octanol–water partition coefficient (Wildman–Crippen LogP) is 7.01. The van der Waals surface area contributed by atoms with Crippen LogP contribution in [0.15, 0.2) is 98.5 Å². The average molecular weight is 705 g/mol. The van der Waals surface area contributed by atoms with E-state index in [1.807, 2.05) is 37.3 Å². The molecule has 2 aromatic heterocycles. The minimum atomic E-state index is -0.823. The van der Waals surface area contributed by atoms with Gasteiger partial charge in [-0.25, -0.2) is 9.79 Å². The van der Waals surface area contributed by atoms with Gasteiger partial charge >= 0.3 is 5.97 Å². The second kappa shape index (κ2) is 13.2. The van der Waals surface area contributed by atoms with Crippen molar-refractivity contribution in [3.05, 3.63) is 130 Å². The molecule has 1 aliphatic rings. The van der Waals surface area contributed by atoms with E-state index in [2.05, 4.69) is 51.0 Å². The van der Waals surface area contributed by atoms with Gasteiger partial charge in [-0.2, -0.15) is 0 Å². The molecular weight excluding hydrogens is 674 g/mol. The molecule has 3 heterocycles. The number of nitrogens with zero attached hydrogens (tertiary/aromatic N) is 3. The molecule has 0 spiro atoms. The Hall–Kier alpha value is -3.92. The number of ether oxygens (including phenoxy) is 2. The average Bonchev–Trinajstić information content (AvgIpc) is 3.54. The summed E-state index contributed by atoms with van der Waals surface area (Å²) in [4.78, 5) is 33.3. The number of esters is 1. The molecule has 7 nitrogen and oxygen atoms in total. The zero-order chi connectivity index (χ0) is 31.7. The fourth-order valence-corrected chi connectivity index (χ4v) is 7.24. The van der Waals surface area contributed by atoms with Crippen LogP contribution < -0.4 is 19.6 Å². The highest BCUT2D eigenvalue weighted by Crippen LogP contribution is 2.38. The van der Waals surface area contributed by atoms with E-state index in [0.717, 1.165) is 32.9 Å². The predicted molar refractivity (Wildman–Crippen MR) is 183 cm³/mol. The Morgan fingerprint density at radius 1 is 1.11 bits per heavy atom. The molecule has 6 rings (SSSR count). The van der Waals surface area contributed by atoms with Crippen LogP contribution in [0.1, 0.15) is 49.4 Å². The fraction of sp³-hybridized carbons (Fsp3) is 0.229. The van der Waals surface area contributed by atoms with Gasteiger partial charge in [-0.15, -0.1) is 0 Å². The van der Waals surface area contributed by atoms with Crippen LogP contribution in [0.4, 0.5) is 0 Å². The Labute approximate surface area is 277 Å². The Balaban J connectivity index is 1.56. The van der Waals surface area contributed by atoms with E-state index in [4.69, 9.17) is 26.1 Å². The largest absolute Gasteiger partial charge is 0.496 e. The van der Waals surface area contributed by atoms with Gasteiger partial charge in [0, 0.05) is 44.3 Å². The maximum absolute atomic E-state index is 14.4. The third-order valence-electron chi connectivity index (χ3n) is 7.75. The summed E-state index contributed by atoms with van der Waals surface area (Å²) < 4.78 is 16.5. The first-order valence-corrected chi connectivity index (χ1v) is 16.7. The molecule has 1 aliphatic heterocycles. The van der Waals surface area contributed by atoms with Crippen molar-refractivity contribution >= 4 is 61.8 Å². The van der Waals surface area contributed by atoms with E-state index in [0.29, 0.717) is 49.9 Å². The Morgan fingerprint density at radius 3 is 2.62 bits per heavy atom. The topological polar surface area (TPSA) is 74.8 Å². The van der Waals surface area contributed by atoms with Crippen molar-refractivity contribution in [3.63, 3.8) is 0 Å². The van der Waals surface area contributed by atoms with E-state index in [-0.39, 0.29) is 12.2 Å². The molecule has 0 saturated heterocycles. The van der Waals surface area contributed by atoms with Crippen LogP contribution in [0.25, 0.3) is 17.0 Å². The van der Waals surface area contributed by atoms with Gasteiger partial charge in [0.05, 0.1) is 29.5 Å². The van der Waals surface area contributed by atoms with Gasteiger partial charge in [0.2, 0.25) is 0 Å². The number of benzene rings is 3. The number of allylic oxidation sites excluding steroid dienone is 1. The van der Waals surface area contributed by atoms with E-state index in [1.54, 1.807) is 36.8 Å². The Bertz CT molecular complexity index is 2130. The van der Waals surface area contributed by atoms with Crippen molar-refractivity contribution in [3.8, 4) is 5.75 Å². The molecule has 10 heteroatoms. The lowest BCUT2D eigenvalue weighted by molar-refractivity contribution is -0.139. The highest BCUT2D eigenvalue weighted by molar-refractivity contribution is 9.10. The van der Waals surface area contributed by atoms with Gasteiger partial charge in [0.15, 0.2) is 4.80 Å². The molecule has 0 fully saturated rings. The van der Waals surface area contributed by atoms with Crippen molar-refractivity contribution in [1.82, 2.24) is 9.13 Å². The molecule has 0 amide bonds. The maximum Gasteiger partial charge on any atom is 0.338 e. The first-order valence-electron chi connectivity index (χ1n) is 14.7. The molecule has 230 valence electrons. The van der Waals surface area contributed by atoms with Crippen molar-refractivity contribution in [1.29, 1.82) is 0 Å². The first kappa shape index (κ1) is 31.1. The number of carbonyl (C=O) groups is 1. The number of methoxy groups -OCH3 is 1. The normalized spacial score (nSPS) is 14.9. The van der Waals surface area contributed by atoms with Crippen LogP contribution in [-0.4, -0.2) is 28.8 Å². The monoisotopic (exact) mass is 703 g/mol. The minimum Gasteiger partial charge on any atom is -0.496 e. The van der Waals surface area contributed by atoms with Crippen molar-refractivity contribution in [2.24, 2.45) is 4.99 Å². The number of hydrogen-bond donors (Lipinski definition) is 0.